The summed E-state index contributed by atoms with van der Waals surface area (Å²) < 4.78 is 5.91. The molecule has 0 saturated carbocycles. The van der Waals surface area contributed by atoms with Gasteiger partial charge in [-0.2, -0.15) is 0 Å². The summed E-state index contributed by atoms with van der Waals surface area (Å²) in [6, 6.07) is 13.5. The minimum atomic E-state index is 0.293. The number of rotatable bonds is 4. The maximum absolute atomic E-state index is 9.47. The first-order valence-electron chi connectivity index (χ1n) is 7.22. The fraction of sp³-hybridized carbons (Fsp3) is 0.222. The predicted octanol–water partition coefficient (Wildman–Crippen LogP) is 4.62. The number of aryl methyl sites for hydroxylation is 2. The minimum absolute atomic E-state index is 0.293. The third-order valence-corrected chi connectivity index (χ3v) is 3.77. The molecule has 3 aromatic rings. The number of furan rings is 1. The molecule has 0 aliphatic carbocycles. The third-order valence-electron chi connectivity index (χ3n) is 3.77. The van der Waals surface area contributed by atoms with Gasteiger partial charge in [-0.05, 0) is 36.8 Å². The smallest absolute Gasteiger partial charge is 0.134 e. The van der Waals surface area contributed by atoms with Gasteiger partial charge in [0.2, 0.25) is 0 Å². The van der Waals surface area contributed by atoms with Crippen LogP contribution in [-0.4, -0.2) is 5.11 Å². The Balaban J connectivity index is 1.91. The molecule has 108 valence electrons. The number of hydrogen-bond acceptors (Lipinski definition) is 3. The molecule has 0 aliphatic heterocycles. The van der Waals surface area contributed by atoms with Gasteiger partial charge in [-0.25, -0.2) is 0 Å². The van der Waals surface area contributed by atoms with Crippen molar-refractivity contribution in [2.24, 2.45) is 0 Å². The first-order chi connectivity index (χ1) is 10.2. The van der Waals surface area contributed by atoms with Crippen LogP contribution in [0.1, 0.15) is 23.8 Å². The maximum atomic E-state index is 9.47. The summed E-state index contributed by atoms with van der Waals surface area (Å²) in [5.74, 6) is 1.32. The minimum Gasteiger partial charge on any atom is -0.508 e. The summed E-state index contributed by atoms with van der Waals surface area (Å²) in [5, 5.41) is 14.1. The van der Waals surface area contributed by atoms with E-state index in [4.69, 9.17) is 4.42 Å². The third kappa shape index (κ3) is 2.59. The van der Waals surface area contributed by atoms with E-state index >= 15 is 0 Å². The van der Waals surface area contributed by atoms with E-state index < -0.39 is 0 Å². The summed E-state index contributed by atoms with van der Waals surface area (Å²) in [6.45, 7) is 4.80. The van der Waals surface area contributed by atoms with Crippen molar-refractivity contribution in [1.82, 2.24) is 0 Å². The van der Waals surface area contributed by atoms with Gasteiger partial charge in [-0.3, -0.25) is 0 Å². The number of phenols is 1. The average Bonchev–Trinajstić information content (AvgIpc) is 2.84. The van der Waals surface area contributed by atoms with Gasteiger partial charge in [0.15, 0.2) is 0 Å². The first kappa shape index (κ1) is 13.6. The van der Waals surface area contributed by atoms with Crippen molar-refractivity contribution in [3.63, 3.8) is 0 Å². The van der Waals surface area contributed by atoms with E-state index in [9.17, 15) is 5.11 Å². The fourth-order valence-electron chi connectivity index (χ4n) is 2.66. The second-order valence-corrected chi connectivity index (χ2v) is 5.21. The van der Waals surface area contributed by atoms with E-state index in [0.717, 1.165) is 29.0 Å². The Morgan fingerprint density at radius 2 is 1.95 bits per heavy atom. The lowest BCUT2D eigenvalue weighted by molar-refractivity contribution is 0.475. The Hall–Kier alpha value is -2.42. The van der Waals surface area contributed by atoms with E-state index in [0.29, 0.717) is 12.3 Å². The largest absolute Gasteiger partial charge is 0.508 e. The SMILES string of the molecule is CCc1oc2ccccc2c1CNc1ccc(O)cc1C. The Morgan fingerprint density at radius 3 is 2.71 bits per heavy atom. The number of para-hydroxylation sites is 1. The van der Waals surface area contributed by atoms with Gasteiger partial charge in [0, 0.05) is 29.6 Å². The molecule has 3 rings (SSSR count). The zero-order valence-corrected chi connectivity index (χ0v) is 12.3. The topological polar surface area (TPSA) is 45.4 Å². The molecule has 0 saturated heterocycles. The average molecular weight is 281 g/mol. The van der Waals surface area contributed by atoms with Crippen molar-refractivity contribution in [1.29, 1.82) is 0 Å². The Kier molecular flexibility index (Phi) is 3.57. The number of hydrogen-bond donors (Lipinski definition) is 2. The van der Waals surface area contributed by atoms with Gasteiger partial charge in [0.1, 0.15) is 17.1 Å². The Morgan fingerprint density at radius 1 is 1.14 bits per heavy atom. The molecule has 3 nitrogen and oxygen atoms in total. The van der Waals surface area contributed by atoms with Crippen LogP contribution in [-0.2, 0) is 13.0 Å². The molecule has 1 heterocycles. The fourth-order valence-corrected chi connectivity index (χ4v) is 2.66. The van der Waals surface area contributed by atoms with Crippen LogP contribution >= 0.6 is 0 Å². The molecule has 2 N–H and O–H groups in total. The molecule has 0 atom stereocenters. The summed E-state index contributed by atoms with van der Waals surface area (Å²) in [5.41, 5.74) is 4.20. The monoisotopic (exact) mass is 281 g/mol. The van der Waals surface area contributed by atoms with E-state index in [1.54, 1.807) is 12.1 Å². The molecule has 2 aromatic carbocycles. The van der Waals surface area contributed by atoms with Crippen LogP contribution in [0.4, 0.5) is 5.69 Å². The zero-order valence-electron chi connectivity index (χ0n) is 12.3. The van der Waals surface area contributed by atoms with E-state index in [1.807, 2.05) is 31.2 Å². The number of aromatic hydroxyl groups is 1. The highest BCUT2D eigenvalue weighted by Gasteiger charge is 2.12. The van der Waals surface area contributed by atoms with Gasteiger partial charge in [0.25, 0.3) is 0 Å². The van der Waals surface area contributed by atoms with Crippen LogP contribution in [0.2, 0.25) is 0 Å². The van der Waals surface area contributed by atoms with E-state index in [-0.39, 0.29) is 0 Å². The van der Waals surface area contributed by atoms with Crippen molar-refractivity contribution >= 4 is 16.7 Å². The standard InChI is InChI=1S/C18H19NO2/c1-3-17-15(14-6-4-5-7-18(14)21-17)11-19-16-9-8-13(20)10-12(16)2/h4-10,19-20H,3,11H2,1-2H3. The van der Waals surface area contributed by atoms with Crippen molar-refractivity contribution in [3.05, 3.63) is 59.4 Å². The molecule has 0 aliphatic rings. The number of phenolic OH excluding ortho intramolecular Hbond substituents is 1. The highest BCUT2D eigenvalue weighted by molar-refractivity contribution is 5.82. The molecule has 0 fully saturated rings. The predicted molar refractivity (Wildman–Crippen MR) is 85.8 cm³/mol. The molecule has 0 unspecified atom stereocenters. The van der Waals surface area contributed by atoms with Crippen LogP contribution in [0.3, 0.4) is 0 Å². The lowest BCUT2D eigenvalue weighted by Crippen LogP contribution is -2.02. The summed E-state index contributed by atoms with van der Waals surface area (Å²) >= 11 is 0. The Bertz CT molecular complexity index is 774. The number of benzene rings is 2. The van der Waals surface area contributed by atoms with Crippen molar-refractivity contribution in [3.8, 4) is 5.75 Å². The van der Waals surface area contributed by atoms with Crippen LogP contribution < -0.4 is 5.32 Å². The second-order valence-electron chi connectivity index (χ2n) is 5.21. The highest BCUT2D eigenvalue weighted by Crippen LogP contribution is 2.28. The van der Waals surface area contributed by atoms with E-state index in [1.165, 1.54) is 10.9 Å². The van der Waals surface area contributed by atoms with E-state index in [2.05, 4.69) is 18.3 Å². The van der Waals surface area contributed by atoms with Gasteiger partial charge in [0.05, 0.1) is 0 Å². The maximum Gasteiger partial charge on any atom is 0.134 e. The number of nitrogens with one attached hydrogen (secondary N) is 1. The molecular weight excluding hydrogens is 262 g/mol. The molecule has 3 heteroatoms. The van der Waals surface area contributed by atoms with Gasteiger partial charge in [-0.1, -0.05) is 25.1 Å². The quantitative estimate of drug-likeness (QED) is 0.686. The molecular formula is C18H19NO2. The normalized spacial score (nSPS) is 11.0. The number of anilines is 1. The summed E-state index contributed by atoms with van der Waals surface area (Å²) in [7, 11) is 0. The lowest BCUT2D eigenvalue weighted by Gasteiger charge is -2.10. The first-order valence-corrected chi connectivity index (χ1v) is 7.22. The van der Waals surface area contributed by atoms with Crippen molar-refractivity contribution in [2.75, 3.05) is 5.32 Å². The lowest BCUT2D eigenvalue weighted by atomic mass is 10.1. The van der Waals surface area contributed by atoms with Gasteiger partial charge >= 0.3 is 0 Å². The summed E-state index contributed by atoms with van der Waals surface area (Å²) in [6.07, 6.45) is 0.875. The van der Waals surface area contributed by atoms with Crippen molar-refractivity contribution in [2.45, 2.75) is 26.8 Å². The number of fused-ring (bicyclic) bond motifs is 1. The molecule has 0 bridgehead atoms. The second kappa shape index (κ2) is 5.52. The molecule has 1 aromatic heterocycles. The highest BCUT2D eigenvalue weighted by atomic mass is 16.3. The van der Waals surface area contributed by atoms with Crippen LogP contribution in [0.5, 0.6) is 5.75 Å². The molecule has 21 heavy (non-hydrogen) atoms. The van der Waals surface area contributed by atoms with Crippen LogP contribution in [0.15, 0.2) is 46.9 Å². The molecule has 0 spiro atoms. The molecule has 0 amide bonds. The van der Waals surface area contributed by atoms with Gasteiger partial charge < -0.3 is 14.8 Å². The van der Waals surface area contributed by atoms with Crippen LogP contribution in [0.25, 0.3) is 11.0 Å². The molecule has 0 radical (unpaired) electrons. The van der Waals surface area contributed by atoms with Crippen LogP contribution in [0, 0.1) is 6.92 Å². The van der Waals surface area contributed by atoms with Gasteiger partial charge in [-0.15, -0.1) is 0 Å². The van der Waals surface area contributed by atoms with Crippen molar-refractivity contribution < 1.29 is 9.52 Å². The Labute approximate surface area is 124 Å². The summed E-state index contributed by atoms with van der Waals surface area (Å²) in [4.78, 5) is 0. The zero-order chi connectivity index (χ0) is 14.8.